The van der Waals surface area contributed by atoms with E-state index in [1.165, 1.54) is 12.8 Å². The zero-order chi connectivity index (χ0) is 22.8. The maximum Gasteiger partial charge on any atom is 0.226 e. The molecule has 1 unspecified atom stereocenters. The van der Waals surface area contributed by atoms with E-state index >= 15 is 0 Å². The molecule has 2 aromatic rings. The van der Waals surface area contributed by atoms with Crippen LogP contribution in [0.15, 0.2) is 24.4 Å². The standard InChI is InChI=1S/C25H32N4O4/c1-16-3-6-19(7-4-16)27-25-26-14-21(18-5-8-22-23(13-18)32-12-11-31-22)24(28-25)33-20-9-10-29(15-20)17(2)30/h5,8,13-14,16,19-20H,3-4,6-7,9-12,15H2,1-2H3,(H,26,27,28). The average molecular weight is 453 g/mol. The van der Waals surface area contributed by atoms with Gasteiger partial charge < -0.3 is 24.4 Å². The van der Waals surface area contributed by atoms with E-state index in [-0.39, 0.29) is 12.0 Å². The van der Waals surface area contributed by atoms with E-state index in [9.17, 15) is 4.79 Å². The van der Waals surface area contributed by atoms with Crippen LogP contribution in [-0.2, 0) is 4.79 Å². The van der Waals surface area contributed by atoms with E-state index in [0.717, 1.165) is 42.1 Å². The van der Waals surface area contributed by atoms with Crippen LogP contribution in [-0.4, -0.2) is 59.2 Å². The number of nitrogens with zero attached hydrogens (tertiary/aromatic N) is 3. The minimum atomic E-state index is -0.0943. The Morgan fingerprint density at radius 3 is 2.67 bits per heavy atom. The van der Waals surface area contributed by atoms with E-state index in [1.807, 2.05) is 29.3 Å². The fourth-order valence-electron chi connectivity index (χ4n) is 4.79. The molecule has 3 aliphatic rings. The summed E-state index contributed by atoms with van der Waals surface area (Å²) in [6.45, 7) is 6.27. The SMILES string of the molecule is CC(=O)N1CCC(Oc2nc(NC3CCC(C)CC3)ncc2-c2ccc3c(c2)OCCO3)C1. The maximum absolute atomic E-state index is 11.8. The highest BCUT2D eigenvalue weighted by molar-refractivity contribution is 5.74. The van der Waals surface area contributed by atoms with Gasteiger partial charge in [0.25, 0.3) is 0 Å². The van der Waals surface area contributed by atoms with Gasteiger partial charge in [0.05, 0.1) is 12.1 Å². The lowest BCUT2D eigenvalue weighted by atomic mass is 9.87. The molecule has 176 valence electrons. The van der Waals surface area contributed by atoms with Crippen LogP contribution in [0.2, 0.25) is 0 Å². The minimum absolute atomic E-state index is 0.0738. The van der Waals surface area contributed by atoms with Crippen LogP contribution in [0.5, 0.6) is 17.4 Å². The second-order valence-corrected chi connectivity index (χ2v) is 9.37. The predicted molar refractivity (Wildman–Crippen MR) is 125 cm³/mol. The van der Waals surface area contributed by atoms with Crippen LogP contribution in [0.4, 0.5) is 5.95 Å². The molecule has 2 fully saturated rings. The normalized spacial score (nSPS) is 24.4. The first-order chi connectivity index (χ1) is 16.0. The molecular weight excluding hydrogens is 420 g/mol. The molecule has 1 saturated heterocycles. The van der Waals surface area contributed by atoms with Crippen LogP contribution >= 0.6 is 0 Å². The van der Waals surface area contributed by atoms with E-state index < -0.39 is 0 Å². The number of carbonyl (C=O) groups excluding carboxylic acids is 1. The third-order valence-corrected chi connectivity index (χ3v) is 6.82. The molecule has 1 N–H and O–H groups in total. The number of hydrogen-bond acceptors (Lipinski definition) is 7. The van der Waals surface area contributed by atoms with Crippen molar-refractivity contribution in [3.8, 4) is 28.5 Å². The number of aromatic nitrogens is 2. The Balaban J connectivity index is 1.41. The summed E-state index contributed by atoms with van der Waals surface area (Å²) in [5.74, 6) is 3.44. The largest absolute Gasteiger partial charge is 0.486 e. The third kappa shape index (κ3) is 4.99. The molecule has 1 amide bonds. The number of hydrogen-bond donors (Lipinski definition) is 1. The number of carbonyl (C=O) groups is 1. The summed E-state index contributed by atoms with van der Waals surface area (Å²) in [5.41, 5.74) is 1.71. The zero-order valence-corrected chi connectivity index (χ0v) is 19.4. The summed E-state index contributed by atoms with van der Waals surface area (Å²) < 4.78 is 17.8. The Bertz CT molecular complexity index is 1010. The molecule has 1 aromatic heterocycles. The van der Waals surface area contributed by atoms with Crippen LogP contribution in [0.25, 0.3) is 11.1 Å². The number of nitrogens with one attached hydrogen (secondary N) is 1. The maximum atomic E-state index is 11.8. The number of rotatable bonds is 5. The molecule has 2 aliphatic heterocycles. The highest BCUT2D eigenvalue weighted by Gasteiger charge is 2.28. The third-order valence-electron chi connectivity index (χ3n) is 6.82. The Morgan fingerprint density at radius 2 is 1.91 bits per heavy atom. The van der Waals surface area contributed by atoms with Gasteiger partial charge in [-0.3, -0.25) is 4.79 Å². The summed E-state index contributed by atoms with van der Waals surface area (Å²) in [4.78, 5) is 23.0. The van der Waals surface area contributed by atoms with E-state index in [2.05, 4.69) is 17.2 Å². The van der Waals surface area contributed by atoms with Gasteiger partial charge in [-0.1, -0.05) is 13.0 Å². The van der Waals surface area contributed by atoms with Gasteiger partial charge in [0.2, 0.25) is 17.7 Å². The van der Waals surface area contributed by atoms with Gasteiger partial charge in [-0.2, -0.15) is 4.98 Å². The number of ether oxygens (including phenoxy) is 3. The molecule has 1 aliphatic carbocycles. The molecule has 1 saturated carbocycles. The van der Waals surface area contributed by atoms with Crippen LogP contribution in [0.3, 0.4) is 0 Å². The molecule has 5 rings (SSSR count). The fourth-order valence-corrected chi connectivity index (χ4v) is 4.79. The quantitative estimate of drug-likeness (QED) is 0.736. The molecule has 8 heteroatoms. The first kappa shape index (κ1) is 21.8. The topological polar surface area (TPSA) is 85.8 Å². The van der Waals surface area contributed by atoms with Crippen molar-refractivity contribution in [2.24, 2.45) is 5.92 Å². The van der Waals surface area contributed by atoms with Crippen LogP contribution < -0.4 is 19.5 Å². The van der Waals surface area contributed by atoms with Crippen molar-refractivity contribution in [1.82, 2.24) is 14.9 Å². The average Bonchev–Trinajstić information content (AvgIpc) is 3.29. The van der Waals surface area contributed by atoms with Crippen LogP contribution in [0.1, 0.15) is 46.0 Å². The van der Waals surface area contributed by atoms with Crippen molar-refractivity contribution in [1.29, 1.82) is 0 Å². The van der Waals surface area contributed by atoms with Crippen molar-refractivity contribution in [3.63, 3.8) is 0 Å². The summed E-state index contributed by atoms with van der Waals surface area (Å²) >= 11 is 0. The van der Waals surface area contributed by atoms with Crippen molar-refractivity contribution in [2.75, 3.05) is 31.6 Å². The summed E-state index contributed by atoms with van der Waals surface area (Å²) in [6, 6.07) is 6.22. The Kier molecular flexibility index (Phi) is 6.24. The molecule has 1 atom stereocenters. The lowest BCUT2D eigenvalue weighted by Crippen LogP contribution is -2.29. The van der Waals surface area contributed by atoms with Gasteiger partial charge in [-0.05, 0) is 49.3 Å². The Labute approximate surface area is 194 Å². The molecular formula is C25H32N4O4. The van der Waals surface area contributed by atoms with Gasteiger partial charge in [0.1, 0.15) is 19.3 Å². The van der Waals surface area contributed by atoms with Gasteiger partial charge in [0, 0.05) is 32.1 Å². The highest BCUT2D eigenvalue weighted by atomic mass is 16.6. The second-order valence-electron chi connectivity index (χ2n) is 9.37. The van der Waals surface area contributed by atoms with Crippen molar-refractivity contribution in [2.45, 2.75) is 58.1 Å². The molecule has 1 aromatic carbocycles. The van der Waals surface area contributed by atoms with E-state index in [0.29, 0.717) is 49.9 Å². The van der Waals surface area contributed by atoms with E-state index in [1.54, 1.807) is 6.92 Å². The van der Waals surface area contributed by atoms with Crippen LogP contribution in [0, 0.1) is 5.92 Å². The van der Waals surface area contributed by atoms with Crippen molar-refractivity contribution < 1.29 is 19.0 Å². The monoisotopic (exact) mass is 452 g/mol. The molecule has 0 spiro atoms. The first-order valence-electron chi connectivity index (χ1n) is 12.0. The van der Waals surface area contributed by atoms with E-state index in [4.69, 9.17) is 19.2 Å². The van der Waals surface area contributed by atoms with Crippen molar-refractivity contribution >= 4 is 11.9 Å². The van der Waals surface area contributed by atoms with Crippen molar-refractivity contribution in [3.05, 3.63) is 24.4 Å². The number of anilines is 1. The lowest BCUT2D eigenvalue weighted by Gasteiger charge is -2.27. The van der Waals surface area contributed by atoms with Gasteiger partial charge in [0.15, 0.2) is 11.5 Å². The number of benzene rings is 1. The number of amides is 1. The smallest absolute Gasteiger partial charge is 0.226 e. The number of fused-ring (bicyclic) bond motifs is 1. The van der Waals surface area contributed by atoms with Gasteiger partial charge in [-0.25, -0.2) is 4.98 Å². The number of likely N-dealkylation sites (tertiary alicyclic amines) is 1. The predicted octanol–water partition coefficient (Wildman–Crippen LogP) is 3.91. The summed E-state index contributed by atoms with van der Waals surface area (Å²) in [5, 5.41) is 3.51. The first-order valence-corrected chi connectivity index (χ1v) is 12.0. The van der Waals surface area contributed by atoms with Gasteiger partial charge >= 0.3 is 0 Å². The molecule has 33 heavy (non-hydrogen) atoms. The molecule has 0 radical (unpaired) electrons. The summed E-state index contributed by atoms with van der Waals surface area (Å²) in [6.07, 6.45) is 7.20. The lowest BCUT2D eigenvalue weighted by molar-refractivity contribution is -0.128. The summed E-state index contributed by atoms with van der Waals surface area (Å²) in [7, 11) is 0. The highest BCUT2D eigenvalue weighted by Crippen LogP contribution is 2.38. The molecule has 3 heterocycles. The molecule has 8 nitrogen and oxygen atoms in total. The zero-order valence-electron chi connectivity index (χ0n) is 19.4. The fraction of sp³-hybridized carbons (Fsp3) is 0.560. The van der Waals surface area contributed by atoms with Gasteiger partial charge in [-0.15, -0.1) is 0 Å². The Morgan fingerprint density at radius 1 is 1.12 bits per heavy atom. The second kappa shape index (κ2) is 9.45. The Hall–Kier alpha value is -3.03. The molecule has 0 bridgehead atoms. The minimum Gasteiger partial charge on any atom is -0.486 e.